The van der Waals surface area contributed by atoms with Crippen LogP contribution >= 0.6 is 11.8 Å². The Morgan fingerprint density at radius 3 is 2.88 bits per heavy atom. The Hall–Kier alpha value is -0.710. The van der Waals surface area contributed by atoms with Gasteiger partial charge in [-0.05, 0) is 20.3 Å². The first-order valence-corrected chi connectivity index (χ1v) is 7.16. The van der Waals surface area contributed by atoms with Gasteiger partial charge < -0.3 is 10.2 Å². The van der Waals surface area contributed by atoms with Gasteiger partial charge in [-0.3, -0.25) is 9.59 Å². The van der Waals surface area contributed by atoms with Crippen LogP contribution in [-0.2, 0) is 9.59 Å². The van der Waals surface area contributed by atoms with Gasteiger partial charge >= 0.3 is 0 Å². The molecule has 2 aliphatic rings. The van der Waals surface area contributed by atoms with E-state index in [0.717, 1.165) is 18.8 Å². The molecular formula is C12H20N2O2S. The summed E-state index contributed by atoms with van der Waals surface area (Å²) in [6.07, 6.45) is 1.19. The summed E-state index contributed by atoms with van der Waals surface area (Å²) in [5, 5.41) is 2.78. The second-order valence-corrected chi connectivity index (χ2v) is 7.21. The lowest BCUT2D eigenvalue weighted by atomic mass is 9.97. The molecule has 2 rings (SSSR count). The molecule has 0 saturated carbocycles. The lowest BCUT2D eigenvalue weighted by molar-refractivity contribution is -0.137. The number of piperidine rings is 1. The Balaban J connectivity index is 1.93. The van der Waals surface area contributed by atoms with Crippen molar-refractivity contribution in [2.75, 3.05) is 25.4 Å². The van der Waals surface area contributed by atoms with E-state index in [-0.39, 0.29) is 22.5 Å². The molecule has 4 nitrogen and oxygen atoms in total. The highest BCUT2D eigenvalue weighted by Gasteiger charge is 2.34. The first-order valence-electron chi connectivity index (χ1n) is 6.17. The topological polar surface area (TPSA) is 49.4 Å². The van der Waals surface area contributed by atoms with Crippen molar-refractivity contribution in [3.63, 3.8) is 0 Å². The monoisotopic (exact) mass is 256 g/mol. The van der Waals surface area contributed by atoms with Gasteiger partial charge in [0.15, 0.2) is 0 Å². The molecule has 0 spiro atoms. The second kappa shape index (κ2) is 4.88. The number of nitrogens with zero attached hydrogens (tertiary/aromatic N) is 1. The summed E-state index contributed by atoms with van der Waals surface area (Å²) in [6.45, 7) is 6.54. The van der Waals surface area contributed by atoms with Crippen molar-refractivity contribution in [2.45, 2.75) is 31.4 Å². The van der Waals surface area contributed by atoms with Crippen molar-refractivity contribution in [1.82, 2.24) is 10.2 Å². The van der Waals surface area contributed by atoms with Crippen molar-refractivity contribution in [3.05, 3.63) is 0 Å². The molecular weight excluding hydrogens is 236 g/mol. The molecule has 0 bridgehead atoms. The van der Waals surface area contributed by atoms with Gasteiger partial charge in [0.25, 0.3) is 0 Å². The lowest BCUT2D eigenvalue weighted by Crippen LogP contribution is -2.51. The number of hydrogen-bond acceptors (Lipinski definition) is 3. The van der Waals surface area contributed by atoms with Gasteiger partial charge in [0.05, 0.1) is 5.92 Å². The standard InChI is InChI=1S/C12H20N2O2S/c1-12(2)8-14(5-6-17-12)11(16)9-3-4-10(15)13-7-9/h9H,3-8H2,1-2H3,(H,13,15). The summed E-state index contributed by atoms with van der Waals surface area (Å²) in [7, 11) is 0. The molecule has 2 saturated heterocycles. The van der Waals surface area contributed by atoms with Crippen molar-refractivity contribution < 1.29 is 9.59 Å². The van der Waals surface area contributed by atoms with Crippen LogP contribution in [0.15, 0.2) is 0 Å². The molecule has 2 aliphatic heterocycles. The maximum Gasteiger partial charge on any atom is 0.227 e. The Bertz CT molecular complexity index is 320. The van der Waals surface area contributed by atoms with Crippen LogP contribution in [0.2, 0.25) is 0 Å². The van der Waals surface area contributed by atoms with Crippen LogP contribution in [0.5, 0.6) is 0 Å². The van der Waals surface area contributed by atoms with E-state index in [9.17, 15) is 9.59 Å². The van der Waals surface area contributed by atoms with E-state index in [0.29, 0.717) is 19.4 Å². The molecule has 1 atom stereocenters. The van der Waals surface area contributed by atoms with Gasteiger partial charge in [-0.2, -0.15) is 11.8 Å². The average molecular weight is 256 g/mol. The summed E-state index contributed by atoms with van der Waals surface area (Å²) in [6, 6.07) is 0. The number of nitrogens with one attached hydrogen (secondary N) is 1. The Labute approximate surface area is 106 Å². The molecule has 2 amide bonds. The highest BCUT2D eigenvalue weighted by Crippen LogP contribution is 2.30. The minimum absolute atomic E-state index is 0.00778. The van der Waals surface area contributed by atoms with Gasteiger partial charge in [-0.25, -0.2) is 0 Å². The van der Waals surface area contributed by atoms with E-state index in [1.54, 1.807) is 0 Å². The van der Waals surface area contributed by atoms with Crippen LogP contribution in [-0.4, -0.2) is 46.8 Å². The van der Waals surface area contributed by atoms with E-state index >= 15 is 0 Å². The van der Waals surface area contributed by atoms with Gasteiger partial charge in [0.1, 0.15) is 0 Å². The second-order valence-electron chi connectivity index (χ2n) is 5.41. The largest absolute Gasteiger partial charge is 0.355 e. The van der Waals surface area contributed by atoms with E-state index in [1.165, 1.54) is 0 Å². The molecule has 2 heterocycles. The van der Waals surface area contributed by atoms with Gasteiger partial charge in [0.2, 0.25) is 11.8 Å². The molecule has 0 aliphatic carbocycles. The molecule has 96 valence electrons. The van der Waals surface area contributed by atoms with E-state index in [1.807, 2.05) is 16.7 Å². The predicted octanol–water partition coefficient (Wildman–Crippen LogP) is 0.867. The van der Waals surface area contributed by atoms with Crippen molar-refractivity contribution >= 4 is 23.6 Å². The maximum atomic E-state index is 12.3. The number of thioether (sulfide) groups is 1. The molecule has 0 aromatic carbocycles. The molecule has 1 unspecified atom stereocenters. The molecule has 2 fully saturated rings. The van der Waals surface area contributed by atoms with Crippen molar-refractivity contribution in [1.29, 1.82) is 0 Å². The molecule has 0 aromatic rings. The predicted molar refractivity (Wildman–Crippen MR) is 68.9 cm³/mol. The zero-order chi connectivity index (χ0) is 12.5. The van der Waals surface area contributed by atoms with E-state index in [4.69, 9.17) is 0 Å². The van der Waals surface area contributed by atoms with Crippen LogP contribution in [0.25, 0.3) is 0 Å². The third-order valence-electron chi connectivity index (χ3n) is 3.35. The first kappa shape index (κ1) is 12.7. The molecule has 0 aromatic heterocycles. The fraction of sp³-hybridized carbons (Fsp3) is 0.833. The Morgan fingerprint density at radius 1 is 1.53 bits per heavy atom. The quantitative estimate of drug-likeness (QED) is 0.757. The first-order chi connectivity index (χ1) is 7.98. The Kier molecular flexibility index (Phi) is 3.66. The zero-order valence-electron chi connectivity index (χ0n) is 10.5. The summed E-state index contributed by atoms with van der Waals surface area (Å²) in [5.41, 5.74) is 0. The molecule has 1 N–H and O–H groups in total. The number of carbonyl (C=O) groups excluding carboxylic acids is 2. The van der Waals surface area contributed by atoms with Crippen molar-refractivity contribution in [3.8, 4) is 0 Å². The minimum Gasteiger partial charge on any atom is -0.355 e. The fourth-order valence-corrected chi connectivity index (χ4v) is 3.52. The van der Waals surface area contributed by atoms with Crippen LogP contribution in [0.3, 0.4) is 0 Å². The Morgan fingerprint density at radius 2 is 2.29 bits per heavy atom. The van der Waals surface area contributed by atoms with Gasteiger partial charge in [-0.15, -0.1) is 0 Å². The van der Waals surface area contributed by atoms with Crippen LogP contribution in [0, 0.1) is 5.92 Å². The third kappa shape index (κ3) is 3.15. The summed E-state index contributed by atoms with van der Waals surface area (Å²) in [5.74, 6) is 1.30. The zero-order valence-corrected chi connectivity index (χ0v) is 11.3. The average Bonchev–Trinajstić information content (AvgIpc) is 2.28. The molecule has 0 radical (unpaired) electrons. The highest BCUT2D eigenvalue weighted by molar-refractivity contribution is 8.00. The SMILES string of the molecule is CC1(C)CN(C(=O)C2CCC(=O)NC2)CCS1. The lowest BCUT2D eigenvalue weighted by Gasteiger charge is -2.39. The summed E-state index contributed by atoms with van der Waals surface area (Å²) < 4.78 is 0.159. The molecule has 5 heteroatoms. The van der Waals surface area contributed by atoms with Gasteiger partial charge in [-0.1, -0.05) is 0 Å². The van der Waals surface area contributed by atoms with Crippen LogP contribution < -0.4 is 5.32 Å². The van der Waals surface area contributed by atoms with Crippen LogP contribution in [0.4, 0.5) is 0 Å². The number of hydrogen-bond donors (Lipinski definition) is 1. The summed E-state index contributed by atoms with van der Waals surface area (Å²) in [4.78, 5) is 25.4. The van der Waals surface area contributed by atoms with Gasteiger partial charge in [0, 0.05) is 36.6 Å². The third-order valence-corrected chi connectivity index (χ3v) is 4.65. The minimum atomic E-state index is -0.00778. The van der Waals surface area contributed by atoms with E-state index in [2.05, 4.69) is 19.2 Å². The number of rotatable bonds is 1. The maximum absolute atomic E-state index is 12.3. The van der Waals surface area contributed by atoms with E-state index < -0.39 is 0 Å². The molecule has 17 heavy (non-hydrogen) atoms. The number of amides is 2. The normalized spacial score (nSPS) is 28.7. The fourth-order valence-electron chi connectivity index (χ4n) is 2.41. The number of carbonyl (C=O) groups is 2. The van der Waals surface area contributed by atoms with Crippen molar-refractivity contribution in [2.24, 2.45) is 5.92 Å². The summed E-state index contributed by atoms with van der Waals surface area (Å²) >= 11 is 1.92. The smallest absolute Gasteiger partial charge is 0.227 e. The van der Waals surface area contributed by atoms with Crippen LogP contribution in [0.1, 0.15) is 26.7 Å². The highest BCUT2D eigenvalue weighted by atomic mass is 32.2.